The SMILES string of the molecule is CCN(CC)C1CCN(c2nncc(-c3ccc4ccccc4c3)n2)C1. The summed E-state index contributed by atoms with van der Waals surface area (Å²) in [7, 11) is 0. The Morgan fingerprint density at radius 3 is 2.69 bits per heavy atom. The highest BCUT2D eigenvalue weighted by atomic mass is 15.3. The number of hydrogen-bond donors (Lipinski definition) is 0. The van der Waals surface area contributed by atoms with E-state index >= 15 is 0 Å². The van der Waals surface area contributed by atoms with E-state index in [1.54, 1.807) is 6.20 Å². The molecule has 1 atom stereocenters. The molecule has 2 aromatic carbocycles. The Kier molecular flexibility index (Phi) is 4.80. The molecule has 1 unspecified atom stereocenters. The highest BCUT2D eigenvalue weighted by Crippen LogP contribution is 2.25. The van der Waals surface area contributed by atoms with E-state index < -0.39 is 0 Å². The normalized spacial score (nSPS) is 17.3. The first-order chi connectivity index (χ1) is 12.8. The fourth-order valence-corrected chi connectivity index (χ4v) is 3.88. The predicted molar refractivity (Wildman–Crippen MR) is 106 cm³/mol. The molecule has 0 radical (unpaired) electrons. The van der Waals surface area contributed by atoms with Crippen LogP contribution in [0.3, 0.4) is 0 Å². The second-order valence-corrected chi connectivity index (χ2v) is 6.81. The number of rotatable bonds is 5. The summed E-state index contributed by atoms with van der Waals surface area (Å²) in [5.41, 5.74) is 1.96. The minimum Gasteiger partial charge on any atom is -0.338 e. The number of likely N-dealkylation sites (N-methyl/N-ethyl adjacent to an activating group) is 1. The Bertz CT molecular complexity index is 890. The van der Waals surface area contributed by atoms with Crippen LogP contribution in [0, 0.1) is 0 Å². The highest BCUT2D eigenvalue weighted by Gasteiger charge is 2.28. The molecule has 0 N–H and O–H groups in total. The van der Waals surface area contributed by atoms with Crippen LogP contribution in [0.15, 0.2) is 48.7 Å². The third kappa shape index (κ3) is 3.27. The van der Waals surface area contributed by atoms with Gasteiger partial charge in [0.1, 0.15) is 0 Å². The average molecular weight is 347 g/mol. The first kappa shape index (κ1) is 16.9. The van der Waals surface area contributed by atoms with Crippen LogP contribution in [-0.2, 0) is 0 Å². The van der Waals surface area contributed by atoms with Crippen LogP contribution in [0.5, 0.6) is 0 Å². The molecule has 0 bridgehead atoms. The van der Waals surface area contributed by atoms with E-state index in [1.165, 1.54) is 10.8 Å². The number of nitrogens with zero attached hydrogens (tertiary/aromatic N) is 5. The predicted octanol–water partition coefficient (Wildman–Crippen LogP) is 3.61. The standard InChI is InChI=1S/C21H25N5/c1-3-25(4-2)19-11-12-26(15-19)21-23-20(14-22-24-21)18-10-9-16-7-5-6-8-17(16)13-18/h5-10,13-14,19H,3-4,11-12,15H2,1-2H3. The number of fused-ring (bicyclic) bond motifs is 1. The van der Waals surface area contributed by atoms with Gasteiger partial charge in [-0.2, -0.15) is 5.10 Å². The Hall–Kier alpha value is -2.53. The van der Waals surface area contributed by atoms with Gasteiger partial charge in [-0.3, -0.25) is 4.90 Å². The third-order valence-electron chi connectivity index (χ3n) is 5.37. The van der Waals surface area contributed by atoms with E-state index in [9.17, 15) is 0 Å². The van der Waals surface area contributed by atoms with Gasteiger partial charge in [0.25, 0.3) is 0 Å². The van der Waals surface area contributed by atoms with Crippen LogP contribution in [0.2, 0.25) is 0 Å². The number of benzene rings is 2. The highest BCUT2D eigenvalue weighted by molar-refractivity contribution is 5.86. The summed E-state index contributed by atoms with van der Waals surface area (Å²) >= 11 is 0. The molecule has 1 fully saturated rings. The van der Waals surface area contributed by atoms with Gasteiger partial charge in [0.15, 0.2) is 0 Å². The minimum absolute atomic E-state index is 0.581. The number of hydrogen-bond acceptors (Lipinski definition) is 5. The topological polar surface area (TPSA) is 45.2 Å². The largest absolute Gasteiger partial charge is 0.338 e. The van der Waals surface area contributed by atoms with Gasteiger partial charge in [-0.1, -0.05) is 50.2 Å². The summed E-state index contributed by atoms with van der Waals surface area (Å²) in [5.74, 6) is 0.741. The Morgan fingerprint density at radius 1 is 1.08 bits per heavy atom. The zero-order valence-electron chi connectivity index (χ0n) is 15.5. The zero-order valence-corrected chi connectivity index (χ0v) is 15.5. The van der Waals surface area contributed by atoms with Crippen LogP contribution < -0.4 is 4.90 Å². The van der Waals surface area contributed by atoms with E-state index in [2.05, 4.69) is 76.3 Å². The van der Waals surface area contributed by atoms with Crippen LogP contribution in [0.25, 0.3) is 22.0 Å². The molecule has 0 amide bonds. The van der Waals surface area contributed by atoms with Crippen LogP contribution >= 0.6 is 0 Å². The summed E-state index contributed by atoms with van der Waals surface area (Å²) in [6.45, 7) is 8.60. The van der Waals surface area contributed by atoms with Gasteiger partial charge in [0.2, 0.25) is 5.95 Å². The van der Waals surface area contributed by atoms with Crippen molar-refractivity contribution in [3.05, 3.63) is 48.7 Å². The quantitative estimate of drug-likeness (QED) is 0.705. The van der Waals surface area contributed by atoms with E-state index in [0.29, 0.717) is 6.04 Å². The van der Waals surface area contributed by atoms with Crippen LogP contribution in [0.1, 0.15) is 20.3 Å². The zero-order chi connectivity index (χ0) is 17.9. The van der Waals surface area contributed by atoms with Gasteiger partial charge in [-0.05, 0) is 36.3 Å². The van der Waals surface area contributed by atoms with Crippen LogP contribution in [-0.4, -0.2) is 52.3 Å². The molecule has 4 rings (SSSR count). The number of aromatic nitrogens is 3. The summed E-state index contributed by atoms with van der Waals surface area (Å²) in [5, 5.41) is 11.0. The molecule has 1 saturated heterocycles. The van der Waals surface area contributed by atoms with Gasteiger partial charge >= 0.3 is 0 Å². The number of anilines is 1. The molecule has 134 valence electrons. The van der Waals surface area contributed by atoms with Gasteiger partial charge < -0.3 is 4.90 Å². The molecule has 0 spiro atoms. The van der Waals surface area contributed by atoms with Crippen molar-refractivity contribution in [1.29, 1.82) is 0 Å². The smallest absolute Gasteiger partial charge is 0.245 e. The van der Waals surface area contributed by atoms with Crippen molar-refractivity contribution in [1.82, 2.24) is 20.1 Å². The third-order valence-corrected chi connectivity index (χ3v) is 5.37. The molecule has 0 saturated carbocycles. The van der Waals surface area contributed by atoms with Crippen molar-refractivity contribution in [2.75, 3.05) is 31.1 Å². The van der Waals surface area contributed by atoms with Gasteiger partial charge in [0.05, 0.1) is 11.9 Å². The molecule has 1 aliphatic rings. The van der Waals surface area contributed by atoms with E-state index in [1.807, 2.05) is 0 Å². The van der Waals surface area contributed by atoms with Crippen molar-refractivity contribution in [2.45, 2.75) is 26.3 Å². The maximum atomic E-state index is 4.81. The molecule has 5 heteroatoms. The summed E-state index contributed by atoms with van der Waals surface area (Å²) < 4.78 is 0. The lowest BCUT2D eigenvalue weighted by atomic mass is 10.1. The lowest BCUT2D eigenvalue weighted by molar-refractivity contribution is 0.232. The average Bonchev–Trinajstić information content (AvgIpc) is 3.19. The molecule has 26 heavy (non-hydrogen) atoms. The second kappa shape index (κ2) is 7.38. The van der Waals surface area contributed by atoms with Crippen molar-refractivity contribution in [2.24, 2.45) is 0 Å². The van der Waals surface area contributed by atoms with E-state index in [4.69, 9.17) is 4.98 Å². The summed E-state index contributed by atoms with van der Waals surface area (Å²) in [6.07, 6.45) is 2.91. The first-order valence-electron chi connectivity index (χ1n) is 9.46. The second-order valence-electron chi connectivity index (χ2n) is 6.81. The van der Waals surface area contributed by atoms with E-state index in [-0.39, 0.29) is 0 Å². The molecular weight excluding hydrogens is 322 g/mol. The fourth-order valence-electron chi connectivity index (χ4n) is 3.88. The molecule has 1 aliphatic heterocycles. The van der Waals surface area contributed by atoms with Crippen molar-refractivity contribution in [3.8, 4) is 11.3 Å². The van der Waals surface area contributed by atoms with Crippen LogP contribution in [0.4, 0.5) is 5.95 Å². The molecule has 1 aromatic heterocycles. The van der Waals surface area contributed by atoms with Gasteiger partial charge in [0, 0.05) is 24.7 Å². The van der Waals surface area contributed by atoms with Crippen molar-refractivity contribution < 1.29 is 0 Å². The first-order valence-corrected chi connectivity index (χ1v) is 9.46. The maximum absolute atomic E-state index is 4.81. The van der Waals surface area contributed by atoms with E-state index in [0.717, 1.165) is 49.8 Å². The Balaban J connectivity index is 1.58. The fraction of sp³-hybridized carbons (Fsp3) is 0.381. The maximum Gasteiger partial charge on any atom is 0.245 e. The van der Waals surface area contributed by atoms with Crippen molar-refractivity contribution >= 4 is 16.7 Å². The summed E-state index contributed by atoms with van der Waals surface area (Å²) in [6, 6.07) is 15.4. The Labute approximate surface area is 154 Å². The molecule has 2 heterocycles. The van der Waals surface area contributed by atoms with Gasteiger partial charge in [-0.15, -0.1) is 5.10 Å². The lowest BCUT2D eigenvalue weighted by Crippen LogP contribution is -2.37. The molecule has 3 aromatic rings. The van der Waals surface area contributed by atoms with Gasteiger partial charge in [-0.25, -0.2) is 4.98 Å². The molecular formula is C21H25N5. The van der Waals surface area contributed by atoms with Crippen molar-refractivity contribution in [3.63, 3.8) is 0 Å². The monoisotopic (exact) mass is 347 g/mol. The molecule has 0 aliphatic carbocycles. The molecule has 5 nitrogen and oxygen atoms in total. The lowest BCUT2D eigenvalue weighted by Gasteiger charge is -2.26. The minimum atomic E-state index is 0.581. The summed E-state index contributed by atoms with van der Waals surface area (Å²) in [4.78, 5) is 9.59. The Morgan fingerprint density at radius 2 is 1.88 bits per heavy atom.